The molecule has 0 bridgehead atoms. The zero-order chi connectivity index (χ0) is 14.5. The number of hydrogen-bond acceptors (Lipinski definition) is 1. The molecule has 114 valence electrons. The fraction of sp³-hybridized carbons (Fsp3) is 0. The first-order valence-corrected chi connectivity index (χ1v) is 9.08. The van der Waals surface area contributed by atoms with Gasteiger partial charge in [-0.2, -0.15) is 0 Å². The Kier molecular flexibility index (Phi) is 5.66. The zero-order valence-corrected chi connectivity index (χ0v) is 13.9. The van der Waals surface area contributed by atoms with E-state index in [4.69, 9.17) is 0 Å². The third kappa shape index (κ3) is 2.90. The number of benzene rings is 3. The van der Waals surface area contributed by atoms with Crippen LogP contribution in [-0.2, 0) is 21.3 Å². The molecule has 0 amide bonds. The Balaban J connectivity index is 0.00000176. The Morgan fingerprint density at radius 3 is 1.05 bits per heavy atom. The van der Waals surface area contributed by atoms with E-state index in [1.165, 1.54) is 6.03 Å². The van der Waals surface area contributed by atoms with Gasteiger partial charge in [0.25, 0.3) is 0 Å². The second-order valence-electron chi connectivity index (χ2n) is 5.02. The normalized spacial score (nSPS) is 11.3. The molecule has 3 aromatic carbocycles. The summed E-state index contributed by atoms with van der Waals surface area (Å²) in [4.78, 5) is 12.3. The molecule has 0 unspecified atom stereocenters. The summed E-state index contributed by atoms with van der Waals surface area (Å²) in [6.45, 7) is 0. The molecule has 0 radical (unpaired) electrons. The van der Waals surface area contributed by atoms with Gasteiger partial charge >= 0.3 is 125 Å². The summed E-state index contributed by atoms with van der Waals surface area (Å²) in [5.41, 5.74) is 0. The van der Waals surface area contributed by atoms with E-state index in [1.54, 1.807) is 0 Å². The summed E-state index contributed by atoms with van der Waals surface area (Å²) in [6.07, 6.45) is 0. The summed E-state index contributed by atoms with van der Waals surface area (Å²) in [7, 11) is -2.58. The molecule has 3 aromatic rings. The van der Waals surface area contributed by atoms with Crippen LogP contribution in [0.1, 0.15) is 0 Å². The first kappa shape index (κ1) is 16.6. The molecular weight excluding hydrogens is 334 g/mol. The van der Waals surface area contributed by atoms with Crippen LogP contribution in [0.25, 0.3) is 0 Å². The van der Waals surface area contributed by atoms with Gasteiger partial charge in [-0.25, -0.2) is 0 Å². The van der Waals surface area contributed by atoms with E-state index in [0.29, 0.717) is 0 Å². The summed E-state index contributed by atoms with van der Waals surface area (Å²) >= 11 is 0. The topological polar surface area (TPSA) is 17.1 Å². The average molecular weight is 351 g/mol. The van der Waals surface area contributed by atoms with E-state index in [-0.39, 0.29) is 16.5 Å². The average Bonchev–Trinajstić information content (AvgIpc) is 2.59. The fourth-order valence-electron chi connectivity index (χ4n) is 2.81. The molecule has 0 N–H and O–H groups in total. The molecular formula is C19H17NiOP. The van der Waals surface area contributed by atoms with Gasteiger partial charge in [-0.3, -0.25) is 0 Å². The van der Waals surface area contributed by atoms with Crippen molar-refractivity contribution in [1.82, 2.24) is 0 Å². The van der Waals surface area contributed by atoms with Crippen molar-refractivity contribution in [2.75, 3.05) is 0 Å². The Labute approximate surface area is 141 Å². The summed E-state index contributed by atoms with van der Waals surface area (Å²) in [5, 5.41) is 3.37. The Bertz CT molecular complexity index is 618. The van der Waals surface area contributed by atoms with Gasteiger partial charge in [0.15, 0.2) is 0 Å². The number of hydrogen-bond donors (Lipinski definition) is 0. The minimum Gasteiger partial charge on any atom is 0 e. The van der Waals surface area contributed by atoms with Crippen LogP contribution in [0.3, 0.4) is 0 Å². The zero-order valence-electron chi connectivity index (χ0n) is 12.0. The Morgan fingerprint density at radius 2 is 0.818 bits per heavy atom. The van der Waals surface area contributed by atoms with Crippen molar-refractivity contribution in [2.24, 2.45) is 0 Å². The molecule has 0 fully saturated rings. The first-order chi connectivity index (χ1) is 10.4. The second kappa shape index (κ2) is 7.50. The van der Waals surface area contributed by atoms with E-state index in [0.717, 1.165) is 15.9 Å². The van der Waals surface area contributed by atoms with Crippen molar-refractivity contribution in [3.05, 3.63) is 91.0 Å². The van der Waals surface area contributed by atoms with Crippen LogP contribution in [0, 0.1) is 0 Å². The van der Waals surface area contributed by atoms with Gasteiger partial charge in [0.1, 0.15) is 0 Å². The predicted octanol–water partition coefficient (Wildman–Crippen LogP) is 2.90. The molecule has 0 aliphatic heterocycles. The monoisotopic (exact) mass is 350 g/mol. The largest absolute Gasteiger partial charge is 0 e. The second-order valence-corrected chi connectivity index (χ2v) is 8.61. The molecule has 0 aromatic heterocycles. The quantitative estimate of drug-likeness (QED) is 0.401. The minimum absolute atomic E-state index is 0. The van der Waals surface area contributed by atoms with Crippen LogP contribution in [0.4, 0.5) is 0 Å². The molecule has 0 atom stereocenters. The van der Waals surface area contributed by atoms with Crippen molar-refractivity contribution in [3.63, 3.8) is 0 Å². The minimum atomic E-state index is -2.58. The van der Waals surface area contributed by atoms with Gasteiger partial charge in [-0.15, -0.1) is 0 Å². The van der Waals surface area contributed by atoms with E-state index >= 15 is 0 Å². The van der Waals surface area contributed by atoms with Crippen LogP contribution in [0.5, 0.6) is 0 Å². The van der Waals surface area contributed by atoms with E-state index in [1.807, 2.05) is 54.6 Å². The van der Waals surface area contributed by atoms with Gasteiger partial charge in [0, 0.05) is 16.5 Å². The smallest absolute Gasteiger partial charge is 0 e. The molecule has 1 nitrogen and oxygen atoms in total. The maximum absolute atomic E-state index is 12.3. The Hall–Kier alpha value is -1.75. The van der Waals surface area contributed by atoms with Gasteiger partial charge in [-0.1, -0.05) is 0 Å². The molecule has 3 heteroatoms. The van der Waals surface area contributed by atoms with Crippen LogP contribution in [0.15, 0.2) is 91.0 Å². The summed E-state index contributed by atoms with van der Waals surface area (Å²) in [5.74, 6) is 0. The molecule has 22 heavy (non-hydrogen) atoms. The molecule has 0 saturated carbocycles. The summed E-state index contributed by atoms with van der Waals surface area (Å²) < 4.78 is 0. The fourth-order valence-corrected chi connectivity index (χ4v) is 6.37. The van der Waals surface area contributed by atoms with E-state index in [2.05, 4.69) is 36.4 Å². The molecule has 0 aliphatic rings. The standard InChI is InChI=1S/C19H17OP.Ni/c20-16-21(17-10-4-1-5-11-17,18-12-6-2-7-13-18)19-14-8-3-9-15-19;/h1-16,21H;. The number of rotatable bonds is 4. The molecule has 0 aliphatic carbocycles. The van der Waals surface area contributed by atoms with Crippen molar-refractivity contribution >= 4 is 29.2 Å². The Morgan fingerprint density at radius 1 is 0.545 bits per heavy atom. The third-order valence-corrected chi connectivity index (χ3v) is 7.95. The van der Waals surface area contributed by atoms with Crippen molar-refractivity contribution < 1.29 is 21.3 Å². The number of carbonyl (C=O) groups is 1. The van der Waals surface area contributed by atoms with E-state index < -0.39 is 7.26 Å². The molecule has 3 rings (SSSR count). The number of carbonyl (C=O) groups excluding carboxylic acids is 1. The van der Waals surface area contributed by atoms with Crippen LogP contribution < -0.4 is 15.9 Å². The van der Waals surface area contributed by atoms with Crippen molar-refractivity contribution in [1.29, 1.82) is 0 Å². The van der Waals surface area contributed by atoms with Crippen molar-refractivity contribution in [2.45, 2.75) is 0 Å². The molecule has 0 heterocycles. The van der Waals surface area contributed by atoms with Crippen LogP contribution >= 0.6 is 7.26 Å². The molecule has 0 saturated heterocycles. The predicted molar refractivity (Wildman–Crippen MR) is 93.3 cm³/mol. The first-order valence-electron chi connectivity index (χ1n) is 7.01. The summed E-state index contributed by atoms with van der Waals surface area (Å²) in [6, 6.07) is 31.6. The van der Waals surface area contributed by atoms with Crippen LogP contribution in [0.2, 0.25) is 0 Å². The maximum Gasteiger partial charge on any atom is 0 e. The van der Waals surface area contributed by atoms with E-state index in [9.17, 15) is 4.79 Å². The third-order valence-electron chi connectivity index (χ3n) is 3.86. The van der Waals surface area contributed by atoms with Crippen LogP contribution in [-0.4, -0.2) is 6.03 Å². The van der Waals surface area contributed by atoms with Gasteiger partial charge < -0.3 is 0 Å². The molecule has 0 spiro atoms. The van der Waals surface area contributed by atoms with Gasteiger partial charge in [-0.05, 0) is 0 Å². The van der Waals surface area contributed by atoms with Crippen molar-refractivity contribution in [3.8, 4) is 0 Å². The maximum atomic E-state index is 12.3. The van der Waals surface area contributed by atoms with Gasteiger partial charge in [0.2, 0.25) is 0 Å². The SMILES string of the molecule is O=C[PH](c1ccccc1)(c1ccccc1)c1ccccc1.[Ni]. The van der Waals surface area contributed by atoms with Gasteiger partial charge in [0.05, 0.1) is 0 Å².